The summed E-state index contributed by atoms with van der Waals surface area (Å²) in [5.41, 5.74) is 15.0. The molecular weight excluding hydrogens is 801 g/mol. The second-order valence-electron chi connectivity index (χ2n) is 16.6. The molecule has 0 saturated carbocycles. The van der Waals surface area contributed by atoms with Crippen LogP contribution < -0.4 is 0 Å². The fourth-order valence-electron chi connectivity index (χ4n) is 9.09. The van der Waals surface area contributed by atoms with E-state index < -0.39 is 0 Å². The molecule has 0 saturated heterocycles. The van der Waals surface area contributed by atoms with E-state index in [1.54, 1.807) is 0 Å². The molecular formula is C62H40N4. The Morgan fingerprint density at radius 1 is 0.197 bits per heavy atom. The molecule has 2 aromatic heterocycles. The molecule has 0 fully saturated rings. The third-order valence-corrected chi connectivity index (χ3v) is 12.5. The molecule has 308 valence electrons. The molecule has 0 aliphatic carbocycles. The van der Waals surface area contributed by atoms with Crippen molar-refractivity contribution in [2.24, 2.45) is 0 Å². The van der Waals surface area contributed by atoms with Crippen LogP contribution in [0.4, 0.5) is 0 Å². The lowest BCUT2D eigenvalue weighted by Crippen LogP contribution is -2.00. The first-order valence-electron chi connectivity index (χ1n) is 22.3. The molecule has 0 amide bonds. The topological polar surface area (TPSA) is 51.6 Å². The number of fused-ring (bicyclic) bond motifs is 5. The third-order valence-electron chi connectivity index (χ3n) is 12.5. The minimum absolute atomic E-state index is 0.620. The maximum absolute atomic E-state index is 5.40. The van der Waals surface area contributed by atoms with Gasteiger partial charge in [0.15, 0.2) is 17.5 Å². The fraction of sp³-hybridized carbons (Fsp3) is 0. The first-order valence-corrected chi connectivity index (χ1v) is 22.3. The van der Waals surface area contributed by atoms with Crippen LogP contribution in [0.15, 0.2) is 243 Å². The van der Waals surface area contributed by atoms with Gasteiger partial charge >= 0.3 is 0 Å². The Kier molecular flexibility index (Phi) is 9.81. The van der Waals surface area contributed by atoms with Crippen molar-refractivity contribution in [1.29, 1.82) is 0 Å². The summed E-state index contributed by atoms with van der Waals surface area (Å²) < 4.78 is 0. The highest BCUT2D eigenvalue weighted by atomic mass is 15.0. The Balaban J connectivity index is 0.882. The van der Waals surface area contributed by atoms with Crippen molar-refractivity contribution in [1.82, 2.24) is 19.9 Å². The average molecular weight is 841 g/mol. The fourth-order valence-corrected chi connectivity index (χ4v) is 9.09. The highest BCUT2D eigenvalue weighted by Crippen LogP contribution is 2.38. The summed E-state index contributed by atoms with van der Waals surface area (Å²) in [6.45, 7) is 0. The monoisotopic (exact) mass is 840 g/mol. The predicted molar refractivity (Wildman–Crippen MR) is 274 cm³/mol. The normalized spacial score (nSPS) is 11.3. The van der Waals surface area contributed by atoms with Crippen LogP contribution in [-0.2, 0) is 0 Å². The van der Waals surface area contributed by atoms with Gasteiger partial charge in [0.2, 0.25) is 0 Å². The summed E-state index contributed by atoms with van der Waals surface area (Å²) in [7, 11) is 0. The Hall–Kier alpha value is -8.86. The average Bonchev–Trinajstić information content (AvgIpc) is 3.41. The third kappa shape index (κ3) is 7.36. The summed E-state index contributed by atoms with van der Waals surface area (Å²) in [4.78, 5) is 20.6. The Bertz CT molecular complexity index is 3610. The smallest absolute Gasteiger partial charge is 0.164 e. The van der Waals surface area contributed by atoms with Gasteiger partial charge in [-0.3, -0.25) is 0 Å². The predicted octanol–water partition coefficient (Wildman–Crippen LogP) is 16.1. The van der Waals surface area contributed by atoms with E-state index in [2.05, 4.69) is 231 Å². The molecule has 0 aliphatic heterocycles. The lowest BCUT2D eigenvalue weighted by atomic mass is 9.94. The van der Waals surface area contributed by atoms with Crippen LogP contribution in [0.2, 0.25) is 0 Å². The summed E-state index contributed by atoms with van der Waals surface area (Å²) in [6, 6.07) is 85.3. The molecule has 10 aromatic carbocycles. The summed E-state index contributed by atoms with van der Waals surface area (Å²) in [5.74, 6) is 1.87. The van der Waals surface area contributed by atoms with Crippen LogP contribution in [-0.4, -0.2) is 19.9 Å². The van der Waals surface area contributed by atoms with Crippen molar-refractivity contribution in [3.05, 3.63) is 243 Å². The number of hydrogen-bond acceptors (Lipinski definition) is 4. The summed E-state index contributed by atoms with van der Waals surface area (Å²) in [5, 5.41) is 5.87. The van der Waals surface area contributed by atoms with E-state index in [0.717, 1.165) is 77.6 Å². The van der Waals surface area contributed by atoms with Crippen molar-refractivity contribution < 1.29 is 0 Å². The van der Waals surface area contributed by atoms with Gasteiger partial charge in [0.05, 0.1) is 11.2 Å². The Morgan fingerprint density at radius 2 is 0.561 bits per heavy atom. The molecule has 0 bridgehead atoms. The van der Waals surface area contributed by atoms with E-state index in [9.17, 15) is 0 Å². The molecule has 0 atom stereocenters. The van der Waals surface area contributed by atoms with Crippen LogP contribution in [0.1, 0.15) is 0 Å². The van der Waals surface area contributed by atoms with Crippen LogP contribution in [0.25, 0.3) is 122 Å². The van der Waals surface area contributed by atoms with Crippen molar-refractivity contribution in [2.45, 2.75) is 0 Å². The van der Waals surface area contributed by atoms with E-state index in [4.69, 9.17) is 19.9 Å². The highest BCUT2D eigenvalue weighted by molar-refractivity contribution is 6.18. The maximum Gasteiger partial charge on any atom is 0.164 e. The zero-order valence-corrected chi connectivity index (χ0v) is 35.9. The molecule has 4 heteroatoms. The van der Waals surface area contributed by atoms with Crippen LogP contribution in [0.5, 0.6) is 0 Å². The molecule has 2 heterocycles. The van der Waals surface area contributed by atoms with E-state index in [0.29, 0.717) is 17.5 Å². The molecule has 0 aliphatic rings. The van der Waals surface area contributed by atoms with Gasteiger partial charge in [0.1, 0.15) is 0 Å². The van der Waals surface area contributed by atoms with Crippen molar-refractivity contribution in [3.63, 3.8) is 0 Å². The summed E-state index contributed by atoms with van der Waals surface area (Å²) in [6.07, 6.45) is 0. The molecule has 12 aromatic rings. The molecule has 0 spiro atoms. The van der Waals surface area contributed by atoms with Crippen LogP contribution >= 0.6 is 0 Å². The molecule has 4 nitrogen and oxygen atoms in total. The Morgan fingerprint density at radius 3 is 1.09 bits per heavy atom. The number of benzene rings is 10. The van der Waals surface area contributed by atoms with Crippen molar-refractivity contribution in [3.8, 4) is 89.9 Å². The van der Waals surface area contributed by atoms with E-state index >= 15 is 0 Å². The van der Waals surface area contributed by atoms with Gasteiger partial charge in [-0.25, -0.2) is 19.9 Å². The zero-order valence-electron chi connectivity index (χ0n) is 35.9. The number of aromatic nitrogens is 4. The van der Waals surface area contributed by atoms with E-state index in [1.807, 2.05) is 12.1 Å². The van der Waals surface area contributed by atoms with Crippen LogP contribution in [0.3, 0.4) is 0 Å². The first kappa shape index (κ1) is 38.8. The lowest BCUT2D eigenvalue weighted by molar-refractivity contribution is 1.07. The Labute approximate surface area is 383 Å². The van der Waals surface area contributed by atoms with E-state index in [-0.39, 0.29) is 0 Å². The molecule has 66 heavy (non-hydrogen) atoms. The summed E-state index contributed by atoms with van der Waals surface area (Å²) >= 11 is 0. The minimum Gasteiger partial charge on any atom is -0.246 e. The zero-order chi connectivity index (χ0) is 43.8. The van der Waals surface area contributed by atoms with Crippen LogP contribution in [0, 0.1) is 0 Å². The minimum atomic E-state index is 0.620. The lowest BCUT2D eigenvalue weighted by Gasteiger charge is -2.13. The quantitative estimate of drug-likeness (QED) is 0.143. The highest BCUT2D eigenvalue weighted by Gasteiger charge is 2.16. The number of nitrogens with zero attached hydrogens (tertiary/aromatic N) is 4. The largest absolute Gasteiger partial charge is 0.246 e. The number of pyridine rings is 1. The molecule has 0 radical (unpaired) electrons. The van der Waals surface area contributed by atoms with Crippen molar-refractivity contribution in [2.75, 3.05) is 0 Å². The first-order chi connectivity index (χ1) is 32.7. The molecule has 12 rings (SSSR count). The van der Waals surface area contributed by atoms with Gasteiger partial charge in [-0.05, 0) is 67.4 Å². The standard InChI is InChI=1S/C62H40N4/c1-3-13-41(14-4-1)43-25-31-47(32-26-43)60-64-61(48-33-27-44(28-34-48)42-15-5-2-6-16-42)66-62(65-60)49-35-29-45(30-36-49)50-18-11-19-51(39-50)52-20-12-21-53(40-52)58-56-24-10-9-23-55(56)57-38-37-46-17-7-8-22-54(46)59(57)63-58/h1-40H. The van der Waals surface area contributed by atoms with Gasteiger partial charge in [-0.15, -0.1) is 0 Å². The van der Waals surface area contributed by atoms with E-state index in [1.165, 1.54) is 27.3 Å². The van der Waals surface area contributed by atoms with Crippen molar-refractivity contribution >= 4 is 32.4 Å². The second kappa shape index (κ2) is 16.7. The van der Waals surface area contributed by atoms with Gasteiger partial charge in [0.25, 0.3) is 0 Å². The SMILES string of the molecule is c1ccc(-c2ccc(-c3nc(-c4ccc(-c5ccccc5)cc4)nc(-c4ccc(-c5cccc(-c6cccc(-c7nc8c9ccccc9ccc8c8ccccc78)c6)c5)cc4)n3)cc2)cc1. The van der Waals surface area contributed by atoms with Gasteiger partial charge in [0, 0.05) is 38.4 Å². The van der Waals surface area contributed by atoms with Gasteiger partial charge in [-0.2, -0.15) is 0 Å². The maximum atomic E-state index is 5.40. The molecule has 0 N–H and O–H groups in total. The molecule has 0 unspecified atom stereocenters. The van der Waals surface area contributed by atoms with Gasteiger partial charge < -0.3 is 0 Å². The number of hydrogen-bond donors (Lipinski definition) is 0. The van der Waals surface area contributed by atoms with Gasteiger partial charge in [-0.1, -0.05) is 231 Å². The second-order valence-corrected chi connectivity index (χ2v) is 16.6. The number of rotatable bonds is 8.